The van der Waals surface area contributed by atoms with Crippen molar-refractivity contribution in [2.75, 3.05) is 13.9 Å². The van der Waals surface area contributed by atoms with E-state index in [9.17, 15) is 0 Å². The molecule has 20 heavy (non-hydrogen) atoms. The molecule has 0 radical (unpaired) electrons. The van der Waals surface area contributed by atoms with E-state index in [-0.39, 0.29) is 12.8 Å². The fourth-order valence-electron chi connectivity index (χ4n) is 1.68. The first-order chi connectivity index (χ1) is 9.60. The Balaban J connectivity index is 2.05. The highest BCUT2D eigenvalue weighted by atomic mass is 32.1. The Morgan fingerprint density at radius 3 is 2.95 bits per heavy atom. The highest BCUT2D eigenvalue weighted by Gasteiger charge is 2.19. The maximum atomic E-state index is 5.34. The molecular weight excluding hydrogens is 278 g/mol. The first-order valence-corrected chi connectivity index (χ1v) is 6.58. The van der Waals surface area contributed by atoms with Gasteiger partial charge >= 0.3 is 0 Å². The van der Waals surface area contributed by atoms with Crippen molar-refractivity contribution in [1.29, 1.82) is 0 Å². The first-order valence-electron chi connectivity index (χ1n) is 6.17. The minimum atomic E-state index is 0.201. The predicted molar refractivity (Wildman–Crippen MR) is 80.7 cm³/mol. The summed E-state index contributed by atoms with van der Waals surface area (Å²) in [6.07, 6.45) is 1.64. The molecule has 1 aromatic rings. The second kappa shape index (κ2) is 6.42. The standard InChI is InChI=1S/C13H17N3O3S/c1-8(2)15-13(20)16-14-6-9-4-10(17-3)12-11(5-9)18-7-19-12/h4-6,8H,7H2,1-3H3,(H2,15,16,20)/b14-6+. The van der Waals surface area contributed by atoms with Crippen molar-refractivity contribution in [1.82, 2.24) is 10.7 Å². The Kier molecular flexibility index (Phi) is 4.62. The zero-order chi connectivity index (χ0) is 14.5. The van der Waals surface area contributed by atoms with E-state index in [4.69, 9.17) is 26.4 Å². The molecule has 0 saturated heterocycles. The van der Waals surface area contributed by atoms with Gasteiger partial charge in [0, 0.05) is 11.6 Å². The van der Waals surface area contributed by atoms with E-state index in [2.05, 4.69) is 15.8 Å². The third kappa shape index (κ3) is 3.51. The van der Waals surface area contributed by atoms with Gasteiger partial charge in [0.05, 0.1) is 13.3 Å². The number of hydrogen-bond donors (Lipinski definition) is 2. The largest absolute Gasteiger partial charge is 0.493 e. The number of benzene rings is 1. The molecule has 0 saturated carbocycles. The monoisotopic (exact) mass is 295 g/mol. The quantitative estimate of drug-likeness (QED) is 0.500. The van der Waals surface area contributed by atoms with E-state index in [1.807, 2.05) is 26.0 Å². The van der Waals surface area contributed by atoms with Crippen LogP contribution in [0.5, 0.6) is 17.2 Å². The summed E-state index contributed by atoms with van der Waals surface area (Å²) >= 11 is 5.07. The fraction of sp³-hybridized carbons (Fsp3) is 0.385. The predicted octanol–water partition coefficient (Wildman–Crippen LogP) is 1.63. The van der Waals surface area contributed by atoms with Gasteiger partial charge in [0.15, 0.2) is 16.6 Å². The number of nitrogens with one attached hydrogen (secondary N) is 2. The van der Waals surface area contributed by atoms with Crippen LogP contribution in [0.2, 0.25) is 0 Å². The molecule has 0 aromatic heterocycles. The number of nitrogens with zero attached hydrogens (tertiary/aromatic N) is 1. The van der Waals surface area contributed by atoms with Crippen molar-refractivity contribution in [2.45, 2.75) is 19.9 Å². The number of fused-ring (bicyclic) bond motifs is 1. The van der Waals surface area contributed by atoms with Crippen LogP contribution in [0.4, 0.5) is 0 Å². The number of rotatable bonds is 4. The molecule has 0 atom stereocenters. The summed E-state index contributed by atoms with van der Waals surface area (Å²) in [6.45, 7) is 4.20. The van der Waals surface area contributed by atoms with Gasteiger partial charge in [-0.15, -0.1) is 0 Å². The Hall–Kier alpha value is -2.02. The minimum absolute atomic E-state index is 0.201. The van der Waals surface area contributed by atoms with Crippen LogP contribution < -0.4 is 25.0 Å². The summed E-state index contributed by atoms with van der Waals surface area (Å²) in [5, 5.41) is 7.57. The van der Waals surface area contributed by atoms with Crippen LogP contribution in [0.1, 0.15) is 19.4 Å². The van der Waals surface area contributed by atoms with Gasteiger partial charge in [-0.2, -0.15) is 5.10 Å². The third-order valence-corrected chi connectivity index (χ3v) is 2.69. The molecule has 0 aliphatic carbocycles. The van der Waals surface area contributed by atoms with Crippen molar-refractivity contribution >= 4 is 23.5 Å². The maximum absolute atomic E-state index is 5.34. The van der Waals surface area contributed by atoms with Crippen LogP contribution in [0.25, 0.3) is 0 Å². The van der Waals surface area contributed by atoms with Gasteiger partial charge in [0.2, 0.25) is 12.5 Å². The number of hydrazone groups is 1. The molecule has 0 amide bonds. The van der Waals surface area contributed by atoms with Gasteiger partial charge in [0.25, 0.3) is 0 Å². The average molecular weight is 295 g/mol. The van der Waals surface area contributed by atoms with Crippen LogP contribution in [0.15, 0.2) is 17.2 Å². The van der Waals surface area contributed by atoms with Gasteiger partial charge in [-0.3, -0.25) is 5.43 Å². The number of hydrogen-bond acceptors (Lipinski definition) is 5. The van der Waals surface area contributed by atoms with Crippen molar-refractivity contribution in [3.8, 4) is 17.2 Å². The fourth-order valence-corrected chi connectivity index (χ4v) is 1.97. The highest BCUT2D eigenvalue weighted by Crippen LogP contribution is 2.41. The zero-order valence-corrected chi connectivity index (χ0v) is 12.4. The minimum Gasteiger partial charge on any atom is -0.493 e. The molecule has 0 spiro atoms. The summed E-state index contributed by atoms with van der Waals surface area (Å²) in [5.41, 5.74) is 3.57. The van der Waals surface area contributed by atoms with E-state index in [1.54, 1.807) is 13.3 Å². The van der Waals surface area contributed by atoms with Crippen molar-refractivity contribution < 1.29 is 14.2 Å². The summed E-state index contributed by atoms with van der Waals surface area (Å²) in [6, 6.07) is 3.91. The van der Waals surface area contributed by atoms with E-state index in [1.165, 1.54) is 0 Å². The second-order valence-electron chi connectivity index (χ2n) is 4.46. The van der Waals surface area contributed by atoms with Crippen LogP contribution in [0, 0.1) is 0 Å². The highest BCUT2D eigenvalue weighted by molar-refractivity contribution is 7.80. The molecule has 6 nitrogen and oxygen atoms in total. The molecule has 7 heteroatoms. The van der Waals surface area contributed by atoms with E-state index >= 15 is 0 Å². The summed E-state index contributed by atoms with van der Waals surface area (Å²) in [5.74, 6) is 1.88. The van der Waals surface area contributed by atoms with Crippen LogP contribution in [-0.2, 0) is 0 Å². The topological polar surface area (TPSA) is 64.1 Å². The zero-order valence-electron chi connectivity index (χ0n) is 11.6. The first kappa shape index (κ1) is 14.4. The van der Waals surface area contributed by atoms with E-state index in [0.29, 0.717) is 22.4 Å². The van der Waals surface area contributed by atoms with Crippen molar-refractivity contribution in [2.24, 2.45) is 5.10 Å². The van der Waals surface area contributed by atoms with Gasteiger partial charge in [0.1, 0.15) is 0 Å². The number of thiocarbonyl (C=S) groups is 1. The molecule has 1 aliphatic heterocycles. The average Bonchev–Trinajstić information content (AvgIpc) is 2.85. The molecule has 2 rings (SSSR count). The smallest absolute Gasteiger partial charge is 0.231 e. The molecule has 2 N–H and O–H groups in total. The number of ether oxygens (including phenoxy) is 3. The Morgan fingerprint density at radius 1 is 1.45 bits per heavy atom. The lowest BCUT2D eigenvalue weighted by Crippen LogP contribution is -2.36. The normalized spacial score (nSPS) is 12.8. The molecule has 1 aliphatic rings. The van der Waals surface area contributed by atoms with E-state index in [0.717, 1.165) is 5.56 Å². The molecule has 0 bridgehead atoms. The van der Waals surface area contributed by atoms with Crippen LogP contribution >= 0.6 is 12.2 Å². The summed E-state index contributed by atoms with van der Waals surface area (Å²) in [4.78, 5) is 0. The lowest BCUT2D eigenvalue weighted by atomic mass is 10.2. The van der Waals surface area contributed by atoms with Gasteiger partial charge in [-0.25, -0.2) is 0 Å². The number of methoxy groups -OCH3 is 1. The second-order valence-corrected chi connectivity index (χ2v) is 4.86. The van der Waals surface area contributed by atoms with Crippen molar-refractivity contribution in [3.05, 3.63) is 17.7 Å². The van der Waals surface area contributed by atoms with Crippen molar-refractivity contribution in [3.63, 3.8) is 0 Å². The molecule has 0 fully saturated rings. The summed E-state index contributed by atoms with van der Waals surface area (Å²) in [7, 11) is 1.58. The molecular formula is C13H17N3O3S. The van der Waals surface area contributed by atoms with Gasteiger partial charge in [-0.05, 0) is 38.2 Å². The maximum Gasteiger partial charge on any atom is 0.231 e. The lowest BCUT2D eigenvalue weighted by Gasteiger charge is -2.09. The Morgan fingerprint density at radius 2 is 2.25 bits per heavy atom. The molecule has 108 valence electrons. The van der Waals surface area contributed by atoms with Gasteiger partial charge in [-0.1, -0.05) is 0 Å². The lowest BCUT2D eigenvalue weighted by molar-refractivity contribution is 0.171. The van der Waals surface area contributed by atoms with E-state index < -0.39 is 0 Å². The Bertz CT molecular complexity index is 532. The van der Waals surface area contributed by atoms with Gasteiger partial charge < -0.3 is 19.5 Å². The third-order valence-electron chi connectivity index (χ3n) is 2.48. The SMILES string of the molecule is COc1cc(/C=N/NC(=S)NC(C)C)cc2c1OCO2. The Labute approximate surface area is 123 Å². The summed E-state index contributed by atoms with van der Waals surface area (Å²) < 4.78 is 15.9. The van der Waals surface area contributed by atoms with Crippen LogP contribution in [0.3, 0.4) is 0 Å². The molecule has 1 heterocycles. The van der Waals surface area contributed by atoms with Crippen LogP contribution in [-0.4, -0.2) is 31.3 Å². The molecule has 0 unspecified atom stereocenters. The molecule has 1 aromatic carbocycles.